The van der Waals surface area contributed by atoms with E-state index in [-0.39, 0.29) is 0 Å². The van der Waals surface area contributed by atoms with Crippen LogP contribution in [0.1, 0.15) is 26.3 Å². The van der Waals surface area contributed by atoms with E-state index >= 15 is 0 Å². The highest BCUT2D eigenvalue weighted by atomic mass is 32.2. The van der Waals surface area contributed by atoms with Crippen molar-refractivity contribution in [1.29, 1.82) is 0 Å². The van der Waals surface area contributed by atoms with Gasteiger partial charge in [0.2, 0.25) is 0 Å². The first-order chi connectivity index (χ1) is 7.72. The molecule has 1 aromatic carbocycles. The highest BCUT2D eigenvalue weighted by molar-refractivity contribution is 8.00. The summed E-state index contributed by atoms with van der Waals surface area (Å²) in [6, 6.07) is 9.45. The molecule has 2 rings (SSSR count). The Morgan fingerprint density at radius 1 is 1.38 bits per heavy atom. The molecule has 88 valence electrons. The molecule has 1 heterocycles. The summed E-state index contributed by atoms with van der Waals surface area (Å²) in [7, 11) is 0. The molecular weight excluding hydrogens is 214 g/mol. The molecule has 2 heteroatoms. The normalized spacial score (nSPS) is 21.1. The molecule has 0 spiro atoms. The molecule has 0 amide bonds. The summed E-state index contributed by atoms with van der Waals surface area (Å²) in [6.07, 6.45) is 1.22. The van der Waals surface area contributed by atoms with Gasteiger partial charge in [-0.3, -0.25) is 0 Å². The summed E-state index contributed by atoms with van der Waals surface area (Å²) in [5.74, 6) is 0.701. The van der Waals surface area contributed by atoms with E-state index in [4.69, 9.17) is 0 Å². The van der Waals surface area contributed by atoms with Gasteiger partial charge in [0.05, 0.1) is 0 Å². The predicted octanol–water partition coefficient (Wildman–Crippen LogP) is 3.34. The molecule has 1 N–H and O–H groups in total. The van der Waals surface area contributed by atoms with Crippen LogP contribution in [0.3, 0.4) is 0 Å². The average molecular weight is 235 g/mol. The van der Waals surface area contributed by atoms with Crippen LogP contribution in [0.25, 0.3) is 0 Å². The van der Waals surface area contributed by atoms with Crippen LogP contribution < -0.4 is 5.32 Å². The van der Waals surface area contributed by atoms with Crippen molar-refractivity contribution in [1.82, 2.24) is 5.32 Å². The number of benzene rings is 1. The topological polar surface area (TPSA) is 12.0 Å². The summed E-state index contributed by atoms with van der Waals surface area (Å²) >= 11 is 2.05. The number of thioether (sulfide) groups is 1. The molecule has 0 aromatic heterocycles. The zero-order valence-corrected chi connectivity index (χ0v) is 11.2. The van der Waals surface area contributed by atoms with Crippen molar-refractivity contribution in [3.8, 4) is 0 Å². The molecule has 0 aliphatic carbocycles. The molecule has 0 saturated heterocycles. The van der Waals surface area contributed by atoms with E-state index < -0.39 is 0 Å². The van der Waals surface area contributed by atoms with Crippen LogP contribution >= 0.6 is 11.8 Å². The number of hydrogen-bond acceptors (Lipinski definition) is 2. The van der Waals surface area contributed by atoms with E-state index in [2.05, 4.69) is 62.1 Å². The Balaban J connectivity index is 2.09. The standard InChI is InChI=1S/C14H21NS/c1-4-15-14(10(2)3)13-9-11-7-5-6-8-12(11)16-13/h5-8,10,13-15H,4,9H2,1-3H3. The smallest absolute Gasteiger partial charge is 0.0291 e. The number of hydrogen-bond donors (Lipinski definition) is 1. The van der Waals surface area contributed by atoms with E-state index in [1.807, 2.05) is 0 Å². The fourth-order valence-corrected chi connectivity index (χ4v) is 4.05. The van der Waals surface area contributed by atoms with Gasteiger partial charge < -0.3 is 5.32 Å². The van der Waals surface area contributed by atoms with Crippen molar-refractivity contribution < 1.29 is 0 Å². The Labute approximate surface area is 103 Å². The molecule has 1 nitrogen and oxygen atoms in total. The Kier molecular flexibility index (Phi) is 3.93. The lowest BCUT2D eigenvalue weighted by molar-refractivity contribution is 0.396. The average Bonchev–Trinajstić information content (AvgIpc) is 2.68. The lowest BCUT2D eigenvalue weighted by Crippen LogP contribution is -2.42. The van der Waals surface area contributed by atoms with Gasteiger partial charge in [-0.25, -0.2) is 0 Å². The minimum atomic E-state index is 0.627. The predicted molar refractivity (Wildman–Crippen MR) is 72.1 cm³/mol. The minimum Gasteiger partial charge on any atom is -0.313 e. The second-order valence-electron chi connectivity index (χ2n) is 4.80. The molecule has 1 aliphatic rings. The van der Waals surface area contributed by atoms with E-state index in [1.165, 1.54) is 16.9 Å². The third-order valence-corrected chi connectivity index (χ3v) is 4.65. The molecule has 0 radical (unpaired) electrons. The van der Waals surface area contributed by atoms with E-state index in [1.54, 1.807) is 0 Å². The van der Waals surface area contributed by atoms with Crippen molar-refractivity contribution >= 4 is 11.8 Å². The zero-order valence-electron chi connectivity index (χ0n) is 10.4. The van der Waals surface area contributed by atoms with Gasteiger partial charge in [-0.15, -0.1) is 11.8 Å². The Bertz CT molecular complexity index is 323. The van der Waals surface area contributed by atoms with Crippen LogP contribution in [-0.4, -0.2) is 17.8 Å². The van der Waals surface area contributed by atoms with Crippen LogP contribution in [0.2, 0.25) is 0 Å². The van der Waals surface area contributed by atoms with Crippen LogP contribution in [0.15, 0.2) is 29.2 Å². The molecule has 16 heavy (non-hydrogen) atoms. The SMILES string of the molecule is CCNC(C(C)C)C1Cc2ccccc2S1. The fraction of sp³-hybridized carbons (Fsp3) is 0.571. The molecular formula is C14H21NS. The van der Waals surface area contributed by atoms with E-state index in [0.29, 0.717) is 17.2 Å². The number of fused-ring (bicyclic) bond motifs is 1. The maximum absolute atomic E-state index is 3.64. The first-order valence-electron chi connectivity index (χ1n) is 6.20. The number of rotatable bonds is 4. The van der Waals surface area contributed by atoms with E-state index in [9.17, 15) is 0 Å². The monoisotopic (exact) mass is 235 g/mol. The van der Waals surface area contributed by atoms with Gasteiger partial charge in [0.1, 0.15) is 0 Å². The largest absolute Gasteiger partial charge is 0.313 e. The molecule has 0 saturated carbocycles. The van der Waals surface area contributed by atoms with Gasteiger partial charge in [-0.2, -0.15) is 0 Å². The second-order valence-corrected chi connectivity index (χ2v) is 6.08. The van der Waals surface area contributed by atoms with Crippen LogP contribution in [0, 0.1) is 5.92 Å². The Morgan fingerprint density at radius 2 is 2.12 bits per heavy atom. The summed E-state index contributed by atoms with van der Waals surface area (Å²) in [4.78, 5) is 1.48. The molecule has 1 aliphatic heterocycles. The summed E-state index contributed by atoms with van der Waals surface area (Å²) in [5, 5.41) is 4.34. The van der Waals surface area contributed by atoms with Crippen LogP contribution in [0.5, 0.6) is 0 Å². The summed E-state index contributed by atoms with van der Waals surface area (Å²) < 4.78 is 0. The molecule has 2 unspecified atom stereocenters. The third kappa shape index (κ3) is 2.44. The molecule has 0 fully saturated rings. The van der Waals surface area contributed by atoms with Gasteiger partial charge >= 0.3 is 0 Å². The third-order valence-electron chi connectivity index (χ3n) is 3.23. The maximum atomic E-state index is 3.64. The van der Waals surface area contributed by atoms with Crippen molar-refractivity contribution in [2.24, 2.45) is 5.92 Å². The van der Waals surface area contributed by atoms with Gasteiger partial charge in [-0.1, -0.05) is 39.0 Å². The molecule has 2 atom stereocenters. The van der Waals surface area contributed by atoms with Crippen LogP contribution in [-0.2, 0) is 6.42 Å². The lowest BCUT2D eigenvalue weighted by atomic mass is 9.96. The van der Waals surface area contributed by atoms with Crippen LogP contribution in [0.4, 0.5) is 0 Å². The first-order valence-corrected chi connectivity index (χ1v) is 7.08. The quantitative estimate of drug-likeness (QED) is 0.859. The minimum absolute atomic E-state index is 0.627. The first kappa shape index (κ1) is 12.0. The van der Waals surface area contributed by atoms with Crippen molar-refractivity contribution in [3.05, 3.63) is 29.8 Å². The second kappa shape index (κ2) is 5.24. The van der Waals surface area contributed by atoms with Gasteiger partial charge in [0, 0.05) is 16.2 Å². The lowest BCUT2D eigenvalue weighted by Gasteiger charge is -2.27. The van der Waals surface area contributed by atoms with Gasteiger partial charge in [-0.05, 0) is 30.5 Å². The number of nitrogens with one attached hydrogen (secondary N) is 1. The maximum Gasteiger partial charge on any atom is 0.0291 e. The highest BCUT2D eigenvalue weighted by Crippen LogP contribution is 2.39. The van der Waals surface area contributed by atoms with Gasteiger partial charge in [0.25, 0.3) is 0 Å². The van der Waals surface area contributed by atoms with Gasteiger partial charge in [0.15, 0.2) is 0 Å². The van der Waals surface area contributed by atoms with E-state index in [0.717, 1.165) is 6.54 Å². The molecule has 0 bridgehead atoms. The summed E-state index contributed by atoms with van der Waals surface area (Å²) in [6.45, 7) is 7.89. The van der Waals surface area contributed by atoms with Crippen molar-refractivity contribution in [2.75, 3.05) is 6.54 Å². The summed E-state index contributed by atoms with van der Waals surface area (Å²) in [5.41, 5.74) is 1.53. The van der Waals surface area contributed by atoms with Crippen molar-refractivity contribution in [3.63, 3.8) is 0 Å². The Hall–Kier alpha value is -0.470. The zero-order chi connectivity index (χ0) is 11.5. The highest BCUT2D eigenvalue weighted by Gasteiger charge is 2.30. The Morgan fingerprint density at radius 3 is 2.75 bits per heavy atom. The molecule has 1 aromatic rings. The fourth-order valence-electron chi connectivity index (χ4n) is 2.44. The van der Waals surface area contributed by atoms with Crippen molar-refractivity contribution in [2.45, 2.75) is 43.4 Å².